The van der Waals surface area contributed by atoms with Crippen molar-refractivity contribution in [1.29, 1.82) is 0 Å². The Morgan fingerprint density at radius 2 is 1.64 bits per heavy atom. The van der Waals surface area contributed by atoms with E-state index >= 15 is 0 Å². The summed E-state index contributed by atoms with van der Waals surface area (Å²) in [4.78, 5) is 32.1. The largest absolute Gasteiger partial charge is 0.507 e. The van der Waals surface area contributed by atoms with Crippen LogP contribution in [0.1, 0.15) is 22.7 Å². The van der Waals surface area contributed by atoms with E-state index in [1.165, 1.54) is 0 Å². The molecule has 2 aromatic rings. The fourth-order valence-electron chi connectivity index (χ4n) is 4.35. The molecule has 2 saturated heterocycles. The molecule has 33 heavy (non-hydrogen) atoms. The Hall–Kier alpha value is -3.16. The number of carbonyl (C=O) groups is 2. The summed E-state index contributed by atoms with van der Waals surface area (Å²) < 4.78 is 5.42. The summed E-state index contributed by atoms with van der Waals surface area (Å²) in [6.07, 6.45) is 0. The van der Waals surface area contributed by atoms with Gasteiger partial charge in [-0.15, -0.1) is 0 Å². The fourth-order valence-corrected chi connectivity index (χ4v) is 4.35. The number of anilines is 1. The maximum Gasteiger partial charge on any atom is 0.295 e. The minimum atomic E-state index is -0.642. The zero-order valence-corrected chi connectivity index (χ0v) is 19.5. The van der Waals surface area contributed by atoms with Crippen LogP contribution in [0.15, 0.2) is 54.1 Å². The number of aliphatic hydroxyl groups excluding tert-OH is 1. The molecule has 0 saturated carbocycles. The van der Waals surface area contributed by atoms with Crippen LogP contribution < -0.4 is 4.90 Å². The smallest absolute Gasteiger partial charge is 0.295 e. The topological polar surface area (TPSA) is 73.3 Å². The van der Waals surface area contributed by atoms with Crippen LogP contribution in [-0.4, -0.2) is 80.1 Å². The first-order chi connectivity index (χ1) is 15.9. The van der Waals surface area contributed by atoms with E-state index in [0.717, 1.165) is 29.9 Å². The van der Waals surface area contributed by atoms with E-state index in [-0.39, 0.29) is 11.3 Å². The number of ether oxygens (including phenoxy) is 1. The molecule has 7 nitrogen and oxygen atoms in total. The number of aliphatic hydroxyl groups is 1. The van der Waals surface area contributed by atoms with Crippen molar-refractivity contribution in [3.63, 3.8) is 0 Å². The van der Waals surface area contributed by atoms with Crippen LogP contribution in [0.5, 0.6) is 0 Å². The highest BCUT2D eigenvalue weighted by Gasteiger charge is 2.46. The number of amides is 1. The number of nitrogens with zero attached hydrogens (tertiary/aromatic N) is 3. The molecule has 174 valence electrons. The highest BCUT2D eigenvalue weighted by atomic mass is 16.5. The molecule has 1 amide bonds. The number of ketones is 1. The third kappa shape index (κ3) is 4.79. The number of carbonyl (C=O) groups excluding carboxylic acids is 2. The minimum Gasteiger partial charge on any atom is -0.507 e. The molecule has 4 rings (SSSR count). The molecule has 0 spiro atoms. The maximum atomic E-state index is 13.2. The maximum absolute atomic E-state index is 13.2. The van der Waals surface area contributed by atoms with Crippen molar-refractivity contribution in [2.75, 3.05) is 58.4 Å². The van der Waals surface area contributed by atoms with E-state index in [1.807, 2.05) is 62.3 Å². The van der Waals surface area contributed by atoms with E-state index in [4.69, 9.17) is 4.74 Å². The number of hydrogen-bond acceptors (Lipinski definition) is 6. The molecule has 0 bridgehead atoms. The summed E-state index contributed by atoms with van der Waals surface area (Å²) in [7, 11) is 3.92. The van der Waals surface area contributed by atoms with Gasteiger partial charge in [-0.3, -0.25) is 14.5 Å². The summed E-state index contributed by atoms with van der Waals surface area (Å²) >= 11 is 0. The van der Waals surface area contributed by atoms with Crippen LogP contribution in [0.25, 0.3) is 5.76 Å². The van der Waals surface area contributed by atoms with Crippen molar-refractivity contribution < 1.29 is 19.4 Å². The molecule has 1 unspecified atom stereocenters. The lowest BCUT2D eigenvalue weighted by molar-refractivity contribution is -0.140. The molecule has 0 aromatic heterocycles. The van der Waals surface area contributed by atoms with Gasteiger partial charge in [-0.1, -0.05) is 42.0 Å². The fraction of sp³-hybridized carbons (Fsp3) is 0.385. The van der Waals surface area contributed by atoms with Crippen LogP contribution in [0.3, 0.4) is 0 Å². The number of morpholine rings is 1. The number of aryl methyl sites for hydroxylation is 1. The number of rotatable bonds is 6. The average molecular weight is 450 g/mol. The zero-order valence-electron chi connectivity index (χ0n) is 19.5. The monoisotopic (exact) mass is 449 g/mol. The van der Waals surface area contributed by atoms with Crippen molar-refractivity contribution in [2.24, 2.45) is 0 Å². The highest BCUT2D eigenvalue weighted by molar-refractivity contribution is 6.46. The van der Waals surface area contributed by atoms with Crippen LogP contribution in [0, 0.1) is 6.92 Å². The highest BCUT2D eigenvalue weighted by Crippen LogP contribution is 2.39. The van der Waals surface area contributed by atoms with Gasteiger partial charge in [0.05, 0.1) is 24.8 Å². The first-order valence-corrected chi connectivity index (χ1v) is 11.3. The molecular weight excluding hydrogens is 418 g/mol. The standard InChI is InChI=1S/C26H31N3O4/c1-18-4-6-20(7-5-18)24(30)22-23(19-8-10-21(11-9-19)27(2)3)29(26(32)25(22)31)13-12-28-14-16-33-17-15-28/h4-11,23,30H,12-17H2,1-3H3/b24-22+. The Bertz CT molecular complexity index is 1040. The normalized spacial score (nSPS) is 20.9. The number of benzene rings is 2. The molecule has 2 aliphatic rings. The lowest BCUT2D eigenvalue weighted by Gasteiger charge is -2.31. The summed E-state index contributed by atoms with van der Waals surface area (Å²) in [6, 6.07) is 14.5. The first-order valence-electron chi connectivity index (χ1n) is 11.3. The molecule has 2 aromatic carbocycles. The molecule has 1 N–H and O–H groups in total. The van der Waals surface area contributed by atoms with E-state index in [2.05, 4.69) is 4.90 Å². The minimum absolute atomic E-state index is 0.135. The number of Topliss-reactive ketones (excluding diaryl/α,β-unsaturated/α-hetero) is 1. The SMILES string of the molecule is Cc1ccc(/C(O)=C2\C(=O)C(=O)N(CCN3CCOCC3)C2c2ccc(N(C)C)cc2)cc1. The van der Waals surface area contributed by atoms with Gasteiger partial charge in [0.15, 0.2) is 0 Å². The van der Waals surface area contributed by atoms with E-state index in [1.54, 1.807) is 17.0 Å². The van der Waals surface area contributed by atoms with Gasteiger partial charge < -0.3 is 19.6 Å². The summed E-state index contributed by atoms with van der Waals surface area (Å²) in [6.45, 7) is 5.94. The average Bonchev–Trinajstić information content (AvgIpc) is 3.08. The Balaban J connectivity index is 1.73. The third-order valence-corrected chi connectivity index (χ3v) is 6.35. The van der Waals surface area contributed by atoms with Crippen LogP contribution >= 0.6 is 0 Å². The van der Waals surface area contributed by atoms with E-state index < -0.39 is 17.7 Å². The van der Waals surface area contributed by atoms with Gasteiger partial charge >= 0.3 is 0 Å². The van der Waals surface area contributed by atoms with E-state index in [9.17, 15) is 14.7 Å². The van der Waals surface area contributed by atoms with Gasteiger partial charge in [0.1, 0.15) is 5.76 Å². The van der Waals surface area contributed by atoms with Crippen LogP contribution in [0.2, 0.25) is 0 Å². The summed E-state index contributed by atoms with van der Waals surface area (Å²) in [5.41, 5.74) is 3.54. The van der Waals surface area contributed by atoms with Gasteiger partial charge in [0.25, 0.3) is 11.7 Å². The molecule has 0 radical (unpaired) electrons. The number of likely N-dealkylation sites (tertiary alicyclic amines) is 1. The van der Waals surface area contributed by atoms with Gasteiger partial charge in [-0.05, 0) is 24.6 Å². The zero-order chi connectivity index (χ0) is 23.5. The van der Waals surface area contributed by atoms with Gasteiger partial charge in [0, 0.05) is 51.5 Å². The number of hydrogen-bond donors (Lipinski definition) is 1. The van der Waals surface area contributed by atoms with Gasteiger partial charge in [-0.25, -0.2) is 0 Å². The Morgan fingerprint density at radius 1 is 1.00 bits per heavy atom. The summed E-state index contributed by atoms with van der Waals surface area (Å²) in [5.74, 6) is -1.35. The Morgan fingerprint density at radius 3 is 2.24 bits per heavy atom. The summed E-state index contributed by atoms with van der Waals surface area (Å²) in [5, 5.41) is 11.2. The second-order valence-electron chi connectivity index (χ2n) is 8.80. The van der Waals surface area contributed by atoms with Crippen molar-refractivity contribution >= 4 is 23.1 Å². The molecular formula is C26H31N3O4. The molecule has 2 aliphatic heterocycles. The molecule has 2 heterocycles. The van der Waals surface area contributed by atoms with Gasteiger partial charge in [-0.2, -0.15) is 0 Å². The quantitative estimate of drug-likeness (QED) is 0.415. The molecule has 1 atom stereocenters. The Labute approximate surface area is 194 Å². The lowest BCUT2D eigenvalue weighted by Crippen LogP contribution is -2.42. The molecule has 2 fully saturated rings. The predicted molar refractivity (Wildman–Crippen MR) is 128 cm³/mol. The van der Waals surface area contributed by atoms with E-state index in [0.29, 0.717) is 31.9 Å². The first kappa shape index (κ1) is 23.0. The second kappa shape index (κ2) is 9.77. The second-order valence-corrected chi connectivity index (χ2v) is 8.80. The van der Waals surface area contributed by atoms with Crippen molar-refractivity contribution in [1.82, 2.24) is 9.80 Å². The van der Waals surface area contributed by atoms with Crippen molar-refractivity contribution in [2.45, 2.75) is 13.0 Å². The predicted octanol–water partition coefficient (Wildman–Crippen LogP) is 2.81. The van der Waals surface area contributed by atoms with Crippen molar-refractivity contribution in [3.8, 4) is 0 Å². The van der Waals surface area contributed by atoms with Crippen LogP contribution in [-0.2, 0) is 14.3 Å². The van der Waals surface area contributed by atoms with Crippen molar-refractivity contribution in [3.05, 3.63) is 70.8 Å². The van der Waals surface area contributed by atoms with Crippen LogP contribution in [0.4, 0.5) is 5.69 Å². The van der Waals surface area contributed by atoms with Gasteiger partial charge in [0.2, 0.25) is 0 Å². The third-order valence-electron chi connectivity index (χ3n) is 6.35. The Kier molecular flexibility index (Phi) is 6.81. The molecule has 7 heteroatoms. The molecule has 0 aliphatic carbocycles. The lowest BCUT2D eigenvalue weighted by atomic mass is 9.95.